The maximum absolute atomic E-state index is 13.7. The predicted octanol–water partition coefficient (Wildman–Crippen LogP) is 3.85. The van der Waals surface area contributed by atoms with Gasteiger partial charge in [0, 0.05) is 55.8 Å². The van der Waals surface area contributed by atoms with Gasteiger partial charge in [-0.3, -0.25) is 0 Å². The van der Waals surface area contributed by atoms with Crippen LogP contribution in [0.2, 0.25) is 0 Å². The van der Waals surface area contributed by atoms with Crippen LogP contribution in [-0.4, -0.2) is 52.2 Å². The number of hydrogen-bond donors (Lipinski definition) is 1. The van der Waals surface area contributed by atoms with E-state index in [2.05, 4.69) is 28.9 Å². The molecule has 2 aromatic rings. The molecule has 3 unspecified atom stereocenters. The summed E-state index contributed by atoms with van der Waals surface area (Å²) in [6.07, 6.45) is 10.5. The van der Waals surface area contributed by atoms with Crippen LogP contribution < -0.4 is 10.3 Å². The molecule has 0 amide bonds. The average Bonchev–Trinajstić information content (AvgIpc) is 2.83. The molecule has 0 aromatic heterocycles. The number of fused-ring (bicyclic) bond motifs is 2. The molecule has 2 heterocycles. The van der Waals surface area contributed by atoms with Gasteiger partial charge in [-0.15, -0.1) is 0 Å². The highest BCUT2D eigenvalue weighted by Gasteiger charge is 2.39. The van der Waals surface area contributed by atoms with Gasteiger partial charge in [0.1, 0.15) is 0 Å². The van der Waals surface area contributed by atoms with Crippen molar-refractivity contribution in [3.8, 4) is 0 Å². The van der Waals surface area contributed by atoms with Crippen LogP contribution in [0.1, 0.15) is 25.7 Å². The van der Waals surface area contributed by atoms with Crippen molar-refractivity contribution in [2.75, 3.05) is 32.1 Å². The molecule has 0 radical (unpaired) electrons. The van der Waals surface area contributed by atoms with E-state index < -0.39 is 10.0 Å². The molecule has 7 heteroatoms. The van der Waals surface area contributed by atoms with Crippen LogP contribution in [-0.2, 0) is 10.0 Å². The van der Waals surface area contributed by atoms with E-state index in [0.29, 0.717) is 41.8 Å². The molecular weight excluding hydrogens is 420 g/mol. The number of rotatable bonds is 4. The monoisotopic (exact) mass is 452 g/mol. The molecule has 1 N–H and O–H groups in total. The zero-order chi connectivity index (χ0) is 22.3. The van der Waals surface area contributed by atoms with Gasteiger partial charge >= 0.3 is 0 Å². The van der Waals surface area contributed by atoms with E-state index in [0.717, 1.165) is 42.1 Å². The first-order valence-electron chi connectivity index (χ1n) is 11.6. The highest BCUT2D eigenvalue weighted by Crippen LogP contribution is 2.37. The zero-order valence-electron chi connectivity index (χ0n) is 18.8. The second-order valence-electron chi connectivity index (χ2n) is 9.47. The fraction of sp³-hybridized carbons (Fsp3) is 0.480. The zero-order valence-corrected chi connectivity index (χ0v) is 19.6. The Morgan fingerprint density at radius 1 is 1.00 bits per heavy atom. The number of nitrogens with one attached hydrogen (secondary N) is 1. The summed E-state index contributed by atoms with van der Waals surface area (Å²) in [6.45, 7) is 1.12. The summed E-state index contributed by atoms with van der Waals surface area (Å²) in [6, 6.07) is 11.8. The van der Waals surface area contributed by atoms with Gasteiger partial charge in [0.25, 0.3) is 0 Å². The van der Waals surface area contributed by atoms with Crippen molar-refractivity contribution in [3.63, 3.8) is 0 Å². The van der Waals surface area contributed by atoms with E-state index in [1.54, 1.807) is 10.4 Å². The Labute approximate surface area is 191 Å². The number of allylic oxidation sites excluding steroid dienone is 2. The van der Waals surface area contributed by atoms with Crippen molar-refractivity contribution >= 4 is 32.7 Å². The first-order chi connectivity index (χ1) is 15.5. The van der Waals surface area contributed by atoms with E-state index >= 15 is 0 Å². The van der Waals surface area contributed by atoms with Crippen molar-refractivity contribution in [2.45, 2.75) is 36.6 Å². The lowest BCUT2D eigenvalue weighted by atomic mass is 9.72. The average molecular weight is 453 g/mol. The third-order valence-corrected chi connectivity index (χ3v) is 9.41. The number of piperidine rings is 1. The molecule has 2 aliphatic heterocycles. The standard InChI is InChI=1S/C25H32N4O2S/c1-28(2)23-11-5-10-22-21(23)9-6-12-24(22)32(30,31)29-15-13-18(14-16-29)25-20-8-4-3-7-19(20)17-26-27-25/h3-6,9-12,17-20,25,27H,7-8,13-16H2,1-2H3. The topological polar surface area (TPSA) is 65.0 Å². The number of anilines is 1. The van der Waals surface area contributed by atoms with Crippen LogP contribution >= 0.6 is 0 Å². The van der Waals surface area contributed by atoms with Gasteiger partial charge in [-0.1, -0.05) is 36.4 Å². The van der Waals surface area contributed by atoms with Gasteiger partial charge in [0.15, 0.2) is 0 Å². The summed E-state index contributed by atoms with van der Waals surface area (Å²) in [5, 5.41) is 6.20. The van der Waals surface area contributed by atoms with Crippen molar-refractivity contribution in [1.29, 1.82) is 0 Å². The summed E-state index contributed by atoms with van der Waals surface area (Å²) in [7, 11) is 0.411. The quantitative estimate of drug-likeness (QED) is 0.716. The van der Waals surface area contributed by atoms with Crippen molar-refractivity contribution in [1.82, 2.24) is 9.73 Å². The van der Waals surface area contributed by atoms with Crippen molar-refractivity contribution in [3.05, 3.63) is 48.6 Å². The van der Waals surface area contributed by atoms with Crippen LogP contribution in [0.25, 0.3) is 10.8 Å². The number of benzene rings is 2. The highest BCUT2D eigenvalue weighted by atomic mass is 32.2. The Bertz CT molecular complexity index is 1150. The molecule has 1 fully saturated rings. The molecule has 1 saturated heterocycles. The van der Waals surface area contributed by atoms with E-state index in [-0.39, 0.29) is 0 Å². The van der Waals surface area contributed by atoms with Crippen molar-refractivity contribution < 1.29 is 8.42 Å². The molecule has 3 atom stereocenters. The molecule has 5 rings (SSSR count). The van der Waals surface area contributed by atoms with Crippen LogP contribution in [0.4, 0.5) is 5.69 Å². The maximum atomic E-state index is 13.7. The van der Waals surface area contributed by atoms with Crippen LogP contribution in [0, 0.1) is 17.8 Å². The van der Waals surface area contributed by atoms with Gasteiger partial charge in [0.05, 0.1) is 10.9 Å². The molecule has 0 spiro atoms. The van der Waals surface area contributed by atoms with E-state index in [1.165, 1.54) is 0 Å². The number of hydrazone groups is 1. The van der Waals surface area contributed by atoms with Gasteiger partial charge in [-0.25, -0.2) is 8.42 Å². The molecular formula is C25H32N4O2S. The van der Waals surface area contributed by atoms with E-state index in [4.69, 9.17) is 0 Å². The maximum Gasteiger partial charge on any atom is 0.243 e. The third kappa shape index (κ3) is 3.71. The summed E-state index contributed by atoms with van der Waals surface area (Å²) in [5.41, 5.74) is 4.40. The molecule has 6 nitrogen and oxygen atoms in total. The molecule has 0 bridgehead atoms. The minimum atomic E-state index is -3.55. The Kier molecular flexibility index (Phi) is 5.72. The summed E-state index contributed by atoms with van der Waals surface area (Å²) < 4.78 is 29.0. The highest BCUT2D eigenvalue weighted by molar-refractivity contribution is 7.89. The SMILES string of the molecule is CN(C)c1cccc2c(S(=O)(=O)N3CCC(C4NN=CC5CC=CCC54)CC3)cccc12. The molecule has 3 aliphatic rings. The largest absolute Gasteiger partial charge is 0.377 e. The first-order valence-corrected chi connectivity index (χ1v) is 13.0. The summed E-state index contributed by atoms with van der Waals surface area (Å²) >= 11 is 0. The Morgan fingerprint density at radius 2 is 1.72 bits per heavy atom. The number of hydrogen-bond acceptors (Lipinski definition) is 5. The predicted molar refractivity (Wildman–Crippen MR) is 131 cm³/mol. The fourth-order valence-corrected chi connectivity index (χ4v) is 7.39. The van der Waals surface area contributed by atoms with Gasteiger partial charge in [-0.2, -0.15) is 9.41 Å². The molecule has 2 aromatic carbocycles. The lowest BCUT2D eigenvalue weighted by Gasteiger charge is -2.43. The molecule has 0 saturated carbocycles. The Hall–Kier alpha value is -2.38. The third-order valence-electron chi connectivity index (χ3n) is 7.45. The minimum absolute atomic E-state index is 0.333. The minimum Gasteiger partial charge on any atom is -0.377 e. The van der Waals surface area contributed by atoms with Crippen LogP contribution in [0.5, 0.6) is 0 Å². The van der Waals surface area contributed by atoms with Gasteiger partial charge in [-0.05, 0) is 49.7 Å². The van der Waals surface area contributed by atoms with Crippen LogP contribution in [0.15, 0.2) is 58.5 Å². The lowest BCUT2D eigenvalue weighted by Crippen LogP contribution is -2.50. The molecule has 170 valence electrons. The lowest BCUT2D eigenvalue weighted by molar-refractivity contribution is 0.154. The smallest absolute Gasteiger partial charge is 0.243 e. The van der Waals surface area contributed by atoms with Crippen LogP contribution in [0.3, 0.4) is 0 Å². The second kappa shape index (κ2) is 8.52. The van der Waals surface area contributed by atoms with Gasteiger partial charge in [0.2, 0.25) is 10.0 Å². The summed E-state index contributed by atoms with van der Waals surface area (Å²) in [5.74, 6) is 1.52. The Balaban J connectivity index is 1.36. The summed E-state index contributed by atoms with van der Waals surface area (Å²) in [4.78, 5) is 2.44. The van der Waals surface area contributed by atoms with Gasteiger partial charge < -0.3 is 10.3 Å². The van der Waals surface area contributed by atoms with Crippen molar-refractivity contribution in [2.24, 2.45) is 22.9 Å². The number of sulfonamides is 1. The normalized spacial score (nSPS) is 26.6. The fourth-order valence-electron chi connectivity index (χ4n) is 5.71. The van der Waals surface area contributed by atoms with E-state index in [9.17, 15) is 8.42 Å². The molecule has 1 aliphatic carbocycles. The second-order valence-corrected chi connectivity index (χ2v) is 11.4. The Morgan fingerprint density at radius 3 is 2.50 bits per heavy atom. The molecule has 32 heavy (non-hydrogen) atoms. The van der Waals surface area contributed by atoms with E-state index in [1.807, 2.05) is 49.3 Å². The number of nitrogens with zero attached hydrogens (tertiary/aromatic N) is 3. The first kappa shape index (κ1) is 21.5.